The van der Waals surface area contributed by atoms with Crippen LogP contribution in [0.5, 0.6) is 0 Å². The van der Waals surface area contributed by atoms with E-state index in [1.165, 1.54) is 0 Å². The summed E-state index contributed by atoms with van der Waals surface area (Å²) >= 11 is 0. The lowest BCUT2D eigenvalue weighted by Crippen LogP contribution is -2.80. The summed E-state index contributed by atoms with van der Waals surface area (Å²) in [6, 6.07) is 0. The van der Waals surface area contributed by atoms with E-state index in [1.807, 2.05) is 0 Å². The van der Waals surface area contributed by atoms with Gasteiger partial charge in [0.05, 0.1) is 13.2 Å². The molecule has 0 heterocycles. The predicted molar refractivity (Wildman–Crippen MR) is 201 cm³/mol. The van der Waals surface area contributed by atoms with Crippen LogP contribution in [0.1, 0.15) is 12.8 Å². The van der Waals surface area contributed by atoms with Gasteiger partial charge in [-0.2, -0.15) is 299 Å². The van der Waals surface area contributed by atoms with Gasteiger partial charge in [0.1, 0.15) is 0 Å². The first-order valence-electron chi connectivity index (χ1n) is 24.3. The summed E-state index contributed by atoms with van der Waals surface area (Å²) in [5, 5.41) is 0. The topological polar surface area (TPSA) is 55.8 Å². The van der Waals surface area contributed by atoms with E-state index >= 15 is 0 Å². The van der Waals surface area contributed by atoms with Gasteiger partial charge in [0.2, 0.25) is 0 Å². The molecule has 0 bridgehead atoms. The lowest BCUT2D eigenvalue weighted by Gasteiger charge is -2.47. The van der Waals surface area contributed by atoms with Crippen LogP contribution >= 0.6 is 7.82 Å². The third kappa shape index (κ3) is 13.3. The SMILES string of the molecule is O=P(O)(OCCC(F)(F)C(F)(F)C(F)(F)C(F)(F)C(F)(F)C(F)(F)C(F)(F)C(F)(F)C(F)(F)C(F)(F)C(F)(F)C(F)(F)C(F)(F)C(F)(F)C(F)(C(F)(F)F)C(F)(F)F)OCCC(F)(F)C(F)(F)C(F)(F)C(F)(F)C(F)(F)C(F)(F)C(F)(F)C(F)(F)C(F)(F)C(F)(F)C(F)(F)C(F)(F)C(F)(F)C(F)(F)C(F)(C(F)(F)F)C(F)(F)F. The molecule has 75 heteroatoms. The van der Waals surface area contributed by atoms with E-state index in [0.29, 0.717) is 0 Å². The lowest BCUT2D eigenvalue weighted by molar-refractivity contribution is -0.493. The molecule has 680 valence electrons. The monoisotopic (exact) mass is 1890 g/mol. The molecular weight excluding hydrogens is 1880 g/mol. The number of hydrogen-bond donors (Lipinski definition) is 1. The molecule has 0 aliphatic rings. The maximum atomic E-state index is 14.3. The molecule has 0 aromatic rings. The van der Waals surface area contributed by atoms with Gasteiger partial charge in [0.15, 0.2) is 0 Å². The fraction of sp³-hybridized carbons (Fsp3) is 1.00. The second kappa shape index (κ2) is 27.1. The van der Waals surface area contributed by atoms with Crippen molar-refractivity contribution in [3.05, 3.63) is 0 Å². The summed E-state index contributed by atoms with van der Waals surface area (Å²) in [7, 11) is -7.76. The predicted octanol–water partition coefficient (Wildman–Crippen LogP) is 23.4. The molecule has 0 saturated heterocycles. The highest BCUT2D eigenvalue weighted by Gasteiger charge is 3.06. The molecule has 0 unspecified atom stereocenters. The van der Waals surface area contributed by atoms with Crippen molar-refractivity contribution in [1.29, 1.82) is 0 Å². The highest BCUT2D eigenvalue weighted by atomic mass is 31.2. The molecule has 0 saturated carbocycles. The number of phosphoric acid groups is 1. The average Bonchev–Trinajstić information content (AvgIpc) is 0.679. The van der Waals surface area contributed by atoms with Gasteiger partial charge in [-0.15, -0.1) is 0 Å². The normalized spacial score (nSPS) is 17.4. The van der Waals surface area contributed by atoms with Gasteiger partial charge in [0, 0.05) is 12.8 Å². The molecular formula is C38H9F70O4P. The van der Waals surface area contributed by atoms with Gasteiger partial charge in [-0.05, 0) is 0 Å². The summed E-state index contributed by atoms with van der Waals surface area (Å²) in [6.45, 7) is -7.70. The fourth-order valence-electron chi connectivity index (χ4n) is 7.19. The Morgan fingerprint density at radius 1 is 0.159 bits per heavy atom. The van der Waals surface area contributed by atoms with E-state index in [4.69, 9.17) is 4.89 Å². The fourth-order valence-corrected chi connectivity index (χ4v) is 7.91. The zero-order chi connectivity index (χ0) is 93.7. The Morgan fingerprint density at radius 3 is 0.345 bits per heavy atom. The molecule has 1 N–H and O–H groups in total. The quantitative estimate of drug-likeness (QED) is 0.0502. The molecule has 0 spiro atoms. The first kappa shape index (κ1) is 108. The Kier molecular flexibility index (Phi) is 26.0. The van der Waals surface area contributed by atoms with Crippen LogP contribution in [-0.2, 0) is 13.6 Å². The molecule has 4 nitrogen and oxygen atoms in total. The second-order valence-electron chi connectivity index (χ2n) is 21.3. The van der Waals surface area contributed by atoms with Crippen LogP contribution in [0.25, 0.3) is 0 Å². The summed E-state index contributed by atoms with van der Waals surface area (Å²) in [4.78, 5) is 9.07. The zero-order valence-electron chi connectivity index (χ0n) is 48.4. The Hall–Kier alpha value is -4.79. The van der Waals surface area contributed by atoms with Gasteiger partial charge >= 0.3 is 210 Å². The van der Waals surface area contributed by atoms with Crippen molar-refractivity contribution in [1.82, 2.24) is 0 Å². The largest absolute Gasteiger partial charge is 0.472 e. The highest BCUT2D eigenvalue weighted by Crippen LogP contribution is 2.75. The van der Waals surface area contributed by atoms with Gasteiger partial charge in [-0.1, -0.05) is 0 Å². The number of phosphoric ester groups is 1. The first-order valence-corrected chi connectivity index (χ1v) is 25.8. The van der Waals surface area contributed by atoms with E-state index in [-0.39, 0.29) is 0 Å². The zero-order valence-corrected chi connectivity index (χ0v) is 49.3. The van der Waals surface area contributed by atoms with Crippen molar-refractivity contribution < 1.29 is 326 Å². The molecule has 0 atom stereocenters. The number of hydrogen-bond acceptors (Lipinski definition) is 3. The number of halogens is 70. The maximum Gasteiger partial charge on any atom is 0.472 e. The second-order valence-corrected chi connectivity index (χ2v) is 22.7. The lowest BCUT2D eigenvalue weighted by atomic mass is 9.81. The molecule has 0 rings (SSSR count). The number of alkyl halides is 70. The Bertz CT molecular complexity index is 3150. The minimum Gasteiger partial charge on any atom is -0.302 e. The van der Waals surface area contributed by atoms with E-state index in [0.717, 1.165) is 0 Å². The molecule has 0 fully saturated rings. The first-order chi connectivity index (χ1) is 47.4. The summed E-state index contributed by atoms with van der Waals surface area (Å²) < 4.78 is 989. The van der Waals surface area contributed by atoms with E-state index < -0.39 is 236 Å². The van der Waals surface area contributed by atoms with Crippen molar-refractivity contribution in [2.75, 3.05) is 13.2 Å². The third-order valence-electron chi connectivity index (χ3n) is 14.2. The minimum absolute atomic E-state index is 2.68. The van der Waals surface area contributed by atoms with Gasteiger partial charge in [-0.3, -0.25) is 9.05 Å². The summed E-state index contributed by atoms with van der Waals surface area (Å²) in [5.74, 6) is -288. The minimum atomic E-state index is -10.8. The average molecular weight is 1890 g/mol. The van der Waals surface area contributed by atoms with Gasteiger partial charge in [0.25, 0.3) is 0 Å². The van der Waals surface area contributed by atoms with Crippen LogP contribution in [0.3, 0.4) is 0 Å². The number of rotatable bonds is 36. The molecule has 0 aromatic carbocycles. The van der Waals surface area contributed by atoms with Crippen LogP contribution in [0.4, 0.5) is 307 Å². The van der Waals surface area contributed by atoms with Crippen LogP contribution < -0.4 is 0 Å². The van der Waals surface area contributed by atoms with Crippen molar-refractivity contribution in [2.24, 2.45) is 0 Å². The molecule has 0 aliphatic carbocycles. The highest BCUT2D eigenvalue weighted by molar-refractivity contribution is 7.47. The maximum absolute atomic E-state index is 14.3. The van der Waals surface area contributed by atoms with Crippen LogP contribution in [-0.4, -0.2) is 220 Å². The summed E-state index contributed by atoms with van der Waals surface area (Å²) in [5.41, 5.74) is -19.5. The van der Waals surface area contributed by atoms with Crippen LogP contribution in [0.15, 0.2) is 0 Å². The van der Waals surface area contributed by atoms with E-state index in [1.54, 1.807) is 0 Å². The Morgan fingerprint density at radius 2 is 0.248 bits per heavy atom. The Labute approximate surface area is 562 Å². The van der Waals surface area contributed by atoms with Crippen molar-refractivity contribution >= 4 is 7.82 Å². The standard InChI is InChI=1S/C38H9F70O4P/c39-5(40,9(45,46)13(53,54)17(61,62)21(69,70)25(77,78)29(85,86)33(93,94)31(89,90)27(81,82)23(73,74)19(65,66)15(57,58)11(49,50)7(43,35(97,98)99)36(100,101)102)1-3-111-113(109,110)112-4-2-6(41,42)10(47,48)14(55,56)18(63,64)22(71,72)26(79,80)30(87,88)34(95,96)32(91,92)28(83,84)24(75,76)20(67,68)16(59,60)12(51,52)8(44,37(103,104)105)38(106,107)108/h1-4H2,(H,109,110). The smallest absolute Gasteiger partial charge is 0.302 e. The van der Waals surface area contributed by atoms with Crippen LogP contribution in [0.2, 0.25) is 0 Å². The molecule has 0 aromatic heterocycles. The van der Waals surface area contributed by atoms with Crippen molar-refractivity contribution in [3.63, 3.8) is 0 Å². The van der Waals surface area contributed by atoms with E-state index in [2.05, 4.69) is 9.05 Å². The van der Waals surface area contributed by atoms with Gasteiger partial charge < -0.3 is 4.89 Å². The van der Waals surface area contributed by atoms with Crippen molar-refractivity contribution in [3.8, 4) is 0 Å². The molecule has 0 amide bonds. The molecule has 0 aliphatic heterocycles. The van der Waals surface area contributed by atoms with E-state index in [9.17, 15) is 312 Å². The molecule has 0 radical (unpaired) electrons. The Balaban J connectivity index is 7.47. The molecule has 113 heavy (non-hydrogen) atoms. The summed E-state index contributed by atoms with van der Waals surface area (Å²) in [6.07, 6.45) is -45.6. The third-order valence-corrected chi connectivity index (χ3v) is 15.2. The van der Waals surface area contributed by atoms with Crippen LogP contribution in [0, 0.1) is 0 Å². The van der Waals surface area contributed by atoms with Gasteiger partial charge in [-0.25, -0.2) is 13.3 Å². The van der Waals surface area contributed by atoms with Crippen molar-refractivity contribution in [2.45, 2.75) is 215 Å².